The Bertz CT molecular complexity index is 725. The first kappa shape index (κ1) is 13.8. The van der Waals surface area contributed by atoms with Gasteiger partial charge in [-0.1, -0.05) is 0 Å². The second-order valence-corrected chi connectivity index (χ2v) is 6.02. The number of fused-ring (bicyclic) bond motifs is 1. The van der Waals surface area contributed by atoms with Crippen molar-refractivity contribution < 1.29 is 22.5 Å². The highest BCUT2D eigenvalue weighted by molar-refractivity contribution is 8.13. The average Bonchev–Trinajstić information content (AvgIpc) is 2.77. The van der Waals surface area contributed by atoms with Crippen LogP contribution in [0.15, 0.2) is 27.5 Å². The second-order valence-electron chi connectivity index (χ2n) is 3.45. The fourth-order valence-electron chi connectivity index (χ4n) is 1.34. The number of halogens is 1. The van der Waals surface area contributed by atoms with Crippen LogP contribution in [0.4, 0.5) is 0 Å². The maximum Gasteiger partial charge on any atom is 0.330 e. The summed E-state index contributed by atoms with van der Waals surface area (Å²) in [7, 11) is 1.35. The minimum Gasteiger partial charge on any atom is -0.432 e. The van der Waals surface area contributed by atoms with Crippen molar-refractivity contribution in [2.75, 3.05) is 6.61 Å². The number of aromatic nitrogens is 1. The van der Waals surface area contributed by atoms with Crippen LogP contribution in [0.1, 0.15) is 17.6 Å². The van der Waals surface area contributed by atoms with Gasteiger partial charge in [-0.2, -0.15) is 0 Å². The molecule has 102 valence electrons. The van der Waals surface area contributed by atoms with E-state index in [2.05, 4.69) is 10.5 Å². The molecule has 0 atom stereocenters. The molecule has 2 aromatic rings. The largest absolute Gasteiger partial charge is 0.432 e. The first-order valence-electron chi connectivity index (χ1n) is 5.19. The van der Waals surface area contributed by atoms with Gasteiger partial charge in [0.15, 0.2) is 5.58 Å². The molecule has 0 fully saturated rings. The SMILES string of the molecule is CCONC(=O)c1nc2ccc(S(=O)(=O)Cl)cc2o1. The highest BCUT2D eigenvalue weighted by Crippen LogP contribution is 2.22. The predicted molar refractivity (Wildman–Crippen MR) is 66.1 cm³/mol. The Morgan fingerprint density at radius 1 is 1.53 bits per heavy atom. The zero-order chi connectivity index (χ0) is 14.0. The third-order valence-electron chi connectivity index (χ3n) is 2.14. The molecule has 9 heteroatoms. The first-order valence-corrected chi connectivity index (χ1v) is 7.50. The van der Waals surface area contributed by atoms with Gasteiger partial charge in [0.1, 0.15) is 5.52 Å². The van der Waals surface area contributed by atoms with E-state index >= 15 is 0 Å². The van der Waals surface area contributed by atoms with Gasteiger partial charge in [0.05, 0.1) is 11.5 Å². The number of hydroxylamine groups is 1. The molecule has 2 rings (SSSR count). The Morgan fingerprint density at radius 3 is 2.89 bits per heavy atom. The summed E-state index contributed by atoms with van der Waals surface area (Å²) in [4.78, 5) is 20.0. The predicted octanol–water partition coefficient (Wildman–Crippen LogP) is 1.44. The summed E-state index contributed by atoms with van der Waals surface area (Å²) >= 11 is 0. The Labute approximate surface area is 112 Å². The van der Waals surface area contributed by atoms with Crippen molar-refractivity contribution in [2.45, 2.75) is 11.8 Å². The molecule has 1 aromatic heterocycles. The lowest BCUT2D eigenvalue weighted by Gasteiger charge is -1.98. The molecule has 1 aromatic carbocycles. The normalized spacial score (nSPS) is 11.7. The summed E-state index contributed by atoms with van der Waals surface area (Å²) in [6.07, 6.45) is 0. The molecule has 0 aliphatic heterocycles. The van der Waals surface area contributed by atoms with E-state index in [1.165, 1.54) is 18.2 Å². The Balaban J connectivity index is 2.38. The first-order chi connectivity index (χ1) is 8.91. The molecule has 0 radical (unpaired) electrons. The molecule has 1 N–H and O–H groups in total. The topological polar surface area (TPSA) is 98.5 Å². The number of amides is 1. The van der Waals surface area contributed by atoms with Gasteiger partial charge in [-0.3, -0.25) is 9.63 Å². The number of hydrogen-bond acceptors (Lipinski definition) is 6. The van der Waals surface area contributed by atoms with Gasteiger partial charge in [-0.05, 0) is 19.1 Å². The third-order valence-corrected chi connectivity index (χ3v) is 3.50. The summed E-state index contributed by atoms with van der Waals surface area (Å²) in [5.74, 6) is -0.888. The molecule has 0 saturated carbocycles. The number of benzene rings is 1. The fourth-order valence-corrected chi connectivity index (χ4v) is 2.10. The molecule has 0 unspecified atom stereocenters. The molecule has 1 amide bonds. The van der Waals surface area contributed by atoms with Crippen molar-refractivity contribution in [3.8, 4) is 0 Å². The number of nitrogens with one attached hydrogen (secondary N) is 1. The summed E-state index contributed by atoms with van der Waals surface area (Å²) < 4.78 is 27.5. The van der Waals surface area contributed by atoms with Crippen molar-refractivity contribution in [1.82, 2.24) is 10.5 Å². The minimum absolute atomic E-state index is 0.130. The van der Waals surface area contributed by atoms with Gasteiger partial charge in [-0.15, -0.1) is 0 Å². The zero-order valence-electron chi connectivity index (χ0n) is 9.71. The van der Waals surface area contributed by atoms with Gasteiger partial charge in [0.2, 0.25) is 0 Å². The third kappa shape index (κ3) is 3.03. The van der Waals surface area contributed by atoms with Crippen LogP contribution >= 0.6 is 10.7 Å². The van der Waals surface area contributed by atoms with Crippen LogP contribution in [-0.4, -0.2) is 25.9 Å². The Kier molecular flexibility index (Phi) is 3.74. The van der Waals surface area contributed by atoms with Gasteiger partial charge in [-0.25, -0.2) is 18.9 Å². The fraction of sp³-hybridized carbons (Fsp3) is 0.200. The van der Waals surface area contributed by atoms with E-state index in [4.69, 9.17) is 19.9 Å². The van der Waals surface area contributed by atoms with E-state index in [1.807, 2.05) is 0 Å². The molecule has 0 saturated heterocycles. The van der Waals surface area contributed by atoms with Crippen molar-refractivity contribution in [3.63, 3.8) is 0 Å². The highest BCUT2D eigenvalue weighted by atomic mass is 35.7. The van der Waals surface area contributed by atoms with Crippen LogP contribution in [0.2, 0.25) is 0 Å². The molecule has 0 bridgehead atoms. The van der Waals surface area contributed by atoms with Gasteiger partial charge >= 0.3 is 5.91 Å². The summed E-state index contributed by atoms with van der Waals surface area (Å²) in [5, 5.41) is 0. The van der Waals surface area contributed by atoms with Gasteiger partial charge in [0.25, 0.3) is 14.9 Å². The van der Waals surface area contributed by atoms with Crippen molar-refractivity contribution in [3.05, 3.63) is 24.1 Å². The quantitative estimate of drug-likeness (QED) is 0.678. The zero-order valence-corrected chi connectivity index (χ0v) is 11.3. The molecular formula is C10H9ClN2O5S. The molecule has 1 heterocycles. The molecular weight excluding hydrogens is 296 g/mol. The number of oxazole rings is 1. The summed E-state index contributed by atoms with van der Waals surface area (Å²) in [5.41, 5.74) is 2.60. The number of hydrogen-bond donors (Lipinski definition) is 1. The molecule has 0 spiro atoms. The van der Waals surface area contributed by atoms with E-state index in [9.17, 15) is 13.2 Å². The maximum atomic E-state index is 11.5. The van der Waals surface area contributed by atoms with Crippen LogP contribution < -0.4 is 5.48 Å². The van der Waals surface area contributed by atoms with Crippen LogP contribution in [0.25, 0.3) is 11.1 Å². The lowest BCUT2D eigenvalue weighted by atomic mass is 10.3. The minimum atomic E-state index is -3.86. The standard InChI is InChI=1S/C10H9ClN2O5S/c1-2-17-13-9(14)10-12-7-4-3-6(19(11,15)16)5-8(7)18-10/h3-5H,2H2,1H3,(H,13,14). The summed E-state index contributed by atoms with van der Waals surface area (Å²) in [6, 6.07) is 3.87. The van der Waals surface area contributed by atoms with Crippen molar-refractivity contribution in [2.24, 2.45) is 0 Å². The summed E-state index contributed by atoms with van der Waals surface area (Å²) in [6.45, 7) is 1.99. The molecule has 7 nitrogen and oxygen atoms in total. The molecule has 19 heavy (non-hydrogen) atoms. The van der Waals surface area contributed by atoms with Crippen LogP contribution in [-0.2, 0) is 13.9 Å². The number of nitrogens with zero attached hydrogens (tertiary/aromatic N) is 1. The van der Waals surface area contributed by atoms with E-state index in [0.717, 1.165) is 0 Å². The van der Waals surface area contributed by atoms with Crippen LogP contribution in [0, 0.1) is 0 Å². The van der Waals surface area contributed by atoms with E-state index in [0.29, 0.717) is 12.1 Å². The smallest absolute Gasteiger partial charge is 0.330 e. The molecule has 0 aliphatic carbocycles. The second kappa shape index (κ2) is 5.16. The van der Waals surface area contributed by atoms with E-state index < -0.39 is 15.0 Å². The monoisotopic (exact) mass is 304 g/mol. The maximum absolute atomic E-state index is 11.5. The highest BCUT2D eigenvalue weighted by Gasteiger charge is 2.17. The number of carbonyl (C=O) groups excluding carboxylic acids is 1. The number of carbonyl (C=O) groups is 1. The average molecular weight is 305 g/mol. The molecule has 0 aliphatic rings. The van der Waals surface area contributed by atoms with E-state index in [1.54, 1.807) is 6.92 Å². The van der Waals surface area contributed by atoms with E-state index in [-0.39, 0.29) is 16.4 Å². The van der Waals surface area contributed by atoms with Crippen LogP contribution in [0.3, 0.4) is 0 Å². The Hall–Kier alpha value is -1.64. The van der Waals surface area contributed by atoms with Gasteiger partial charge < -0.3 is 4.42 Å². The lowest BCUT2D eigenvalue weighted by molar-refractivity contribution is 0.0336. The lowest BCUT2D eigenvalue weighted by Crippen LogP contribution is -2.23. The van der Waals surface area contributed by atoms with Gasteiger partial charge in [0, 0.05) is 16.7 Å². The van der Waals surface area contributed by atoms with Crippen molar-refractivity contribution in [1.29, 1.82) is 0 Å². The number of rotatable bonds is 4. The van der Waals surface area contributed by atoms with Crippen molar-refractivity contribution >= 4 is 36.7 Å². The van der Waals surface area contributed by atoms with Crippen LogP contribution in [0.5, 0.6) is 0 Å². The Morgan fingerprint density at radius 2 is 2.26 bits per heavy atom.